The van der Waals surface area contributed by atoms with Crippen LogP contribution in [0.25, 0.3) is 0 Å². The molecule has 1 N–H and O–H groups in total. The summed E-state index contributed by atoms with van der Waals surface area (Å²) < 4.78 is 0. The van der Waals surface area contributed by atoms with Gasteiger partial charge in [0.25, 0.3) is 0 Å². The molecule has 2 rings (SSSR count). The highest BCUT2D eigenvalue weighted by molar-refractivity contribution is 7.99. The van der Waals surface area contributed by atoms with Gasteiger partial charge in [-0.25, -0.2) is 0 Å². The molecule has 0 aromatic rings. The molecular formula is C16H32N2S. The van der Waals surface area contributed by atoms with E-state index in [4.69, 9.17) is 0 Å². The Labute approximate surface area is 124 Å². The molecule has 1 aliphatic carbocycles. The lowest BCUT2D eigenvalue weighted by Gasteiger charge is -2.44. The molecule has 1 saturated carbocycles. The molecule has 112 valence electrons. The first-order valence-electron chi connectivity index (χ1n) is 8.36. The molecule has 2 atom stereocenters. The van der Waals surface area contributed by atoms with Crippen LogP contribution < -0.4 is 5.32 Å². The maximum absolute atomic E-state index is 3.71. The summed E-state index contributed by atoms with van der Waals surface area (Å²) in [5, 5.41) is 3.71. The molecule has 3 heteroatoms. The van der Waals surface area contributed by atoms with E-state index in [2.05, 4.69) is 35.8 Å². The van der Waals surface area contributed by atoms with Crippen LogP contribution in [0.1, 0.15) is 52.4 Å². The average molecular weight is 285 g/mol. The first-order chi connectivity index (χ1) is 9.31. The lowest BCUT2D eigenvalue weighted by Crippen LogP contribution is -2.58. The van der Waals surface area contributed by atoms with E-state index in [1.807, 2.05) is 0 Å². The standard InChI is InChI=1S/C16H32N2S/c1-3-19-11-7-10-18-13-14(2)17-12-16(18)15-8-5-4-6-9-15/h14-17H,3-13H2,1-2H3. The zero-order valence-electron chi connectivity index (χ0n) is 12.9. The molecule has 2 aliphatic rings. The predicted octanol–water partition coefficient (Wildman–Crippen LogP) is 3.37. The number of nitrogens with zero attached hydrogens (tertiary/aromatic N) is 1. The lowest BCUT2D eigenvalue weighted by atomic mass is 9.82. The number of hydrogen-bond acceptors (Lipinski definition) is 3. The highest BCUT2D eigenvalue weighted by Crippen LogP contribution is 2.30. The van der Waals surface area contributed by atoms with Crippen LogP contribution in [0, 0.1) is 5.92 Å². The zero-order chi connectivity index (χ0) is 13.5. The monoisotopic (exact) mass is 284 g/mol. The van der Waals surface area contributed by atoms with E-state index in [9.17, 15) is 0 Å². The van der Waals surface area contributed by atoms with Crippen LogP contribution in [0.4, 0.5) is 0 Å². The van der Waals surface area contributed by atoms with E-state index in [0.717, 1.165) is 12.0 Å². The third-order valence-corrected chi connectivity index (χ3v) is 5.77. The fourth-order valence-corrected chi connectivity index (χ4v) is 4.38. The van der Waals surface area contributed by atoms with Gasteiger partial charge in [-0.15, -0.1) is 0 Å². The summed E-state index contributed by atoms with van der Waals surface area (Å²) in [5.74, 6) is 3.57. The van der Waals surface area contributed by atoms with Crippen LogP contribution >= 0.6 is 11.8 Å². The van der Waals surface area contributed by atoms with Crippen LogP contribution in [0.3, 0.4) is 0 Å². The van der Waals surface area contributed by atoms with Crippen molar-refractivity contribution in [2.75, 3.05) is 31.1 Å². The Bertz CT molecular complexity index is 241. The summed E-state index contributed by atoms with van der Waals surface area (Å²) in [6.45, 7) is 8.41. The fourth-order valence-electron chi connectivity index (χ4n) is 3.76. The average Bonchev–Trinajstić information content (AvgIpc) is 2.45. The predicted molar refractivity (Wildman–Crippen MR) is 87.0 cm³/mol. The molecule has 0 spiro atoms. The number of thioether (sulfide) groups is 1. The van der Waals surface area contributed by atoms with Gasteiger partial charge in [0, 0.05) is 25.2 Å². The Morgan fingerprint density at radius 1 is 1.21 bits per heavy atom. The fraction of sp³-hybridized carbons (Fsp3) is 1.00. The van der Waals surface area contributed by atoms with E-state index >= 15 is 0 Å². The molecule has 0 bridgehead atoms. The van der Waals surface area contributed by atoms with Crippen LogP contribution in [0.15, 0.2) is 0 Å². The van der Waals surface area contributed by atoms with Crippen molar-refractivity contribution in [1.82, 2.24) is 10.2 Å². The summed E-state index contributed by atoms with van der Waals surface area (Å²) in [6, 6.07) is 1.50. The normalized spacial score (nSPS) is 30.6. The SMILES string of the molecule is CCSCCCN1CC(C)NCC1C1CCCCC1. The van der Waals surface area contributed by atoms with Crippen molar-refractivity contribution < 1.29 is 0 Å². The second-order valence-electron chi connectivity index (χ2n) is 6.32. The molecule has 2 nitrogen and oxygen atoms in total. The first kappa shape index (κ1) is 15.7. The van der Waals surface area contributed by atoms with Crippen LogP contribution in [-0.2, 0) is 0 Å². The minimum absolute atomic E-state index is 0.679. The molecule has 0 aromatic heterocycles. The molecule has 0 aromatic carbocycles. The van der Waals surface area contributed by atoms with E-state index < -0.39 is 0 Å². The van der Waals surface area contributed by atoms with Gasteiger partial charge in [0.15, 0.2) is 0 Å². The molecule has 1 aliphatic heterocycles. The molecule has 1 saturated heterocycles. The van der Waals surface area contributed by atoms with Crippen molar-refractivity contribution in [3.05, 3.63) is 0 Å². The molecule has 19 heavy (non-hydrogen) atoms. The summed E-state index contributed by atoms with van der Waals surface area (Å²) in [4.78, 5) is 2.81. The number of hydrogen-bond donors (Lipinski definition) is 1. The topological polar surface area (TPSA) is 15.3 Å². The maximum Gasteiger partial charge on any atom is 0.0249 e. The Balaban J connectivity index is 1.82. The molecular weight excluding hydrogens is 252 g/mol. The second kappa shape index (κ2) is 8.53. The van der Waals surface area contributed by atoms with Crippen LogP contribution in [0.5, 0.6) is 0 Å². The summed E-state index contributed by atoms with van der Waals surface area (Å²) in [5.41, 5.74) is 0. The minimum Gasteiger partial charge on any atom is -0.311 e. The van der Waals surface area contributed by atoms with Gasteiger partial charge in [0.05, 0.1) is 0 Å². The number of nitrogens with one attached hydrogen (secondary N) is 1. The van der Waals surface area contributed by atoms with Gasteiger partial charge in [0.1, 0.15) is 0 Å². The highest BCUT2D eigenvalue weighted by atomic mass is 32.2. The third-order valence-electron chi connectivity index (χ3n) is 4.78. The van der Waals surface area contributed by atoms with Crippen molar-refractivity contribution in [1.29, 1.82) is 0 Å². The van der Waals surface area contributed by atoms with E-state index in [1.165, 1.54) is 69.7 Å². The smallest absolute Gasteiger partial charge is 0.0249 e. The number of piperazine rings is 1. The Morgan fingerprint density at radius 2 is 2.00 bits per heavy atom. The van der Waals surface area contributed by atoms with Crippen molar-refractivity contribution in [3.8, 4) is 0 Å². The van der Waals surface area contributed by atoms with E-state index in [-0.39, 0.29) is 0 Å². The second-order valence-corrected chi connectivity index (χ2v) is 7.71. The molecule has 0 amide bonds. The zero-order valence-corrected chi connectivity index (χ0v) is 13.7. The Morgan fingerprint density at radius 3 is 2.74 bits per heavy atom. The van der Waals surface area contributed by atoms with Crippen molar-refractivity contribution in [2.45, 2.75) is 64.5 Å². The molecule has 2 unspecified atom stereocenters. The van der Waals surface area contributed by atoms with Crippen molar-refractivity contribution in [3.63, 3.8) is 0 Å². The Hall–Kier alpha value is 0.270. The third kappa shape index (κ3) is 4.95. The van der Waals surface area contributed by atoms with Gasteiger partial charge in [0.2, 0.25) is 0 Å². The van der Waals surface area contributed by atoms with Gasteiger partial charge < -0.3 is 5.32 Å². The van der Waals surface area contributed by atoms with Gasteiger partial charge in [-0.3, -0.25) is 4.90 Å². The summed E-state index contributed by atoms with van der Waals surface area (Å²) in [6.07, 6.45) is 8.73. The van der Waals surface area contributed by atoms with E-state index in [1.54, 1.807) is 0 Å². The lowest BCUT2D eigenvalue weighted by molar-refractivity contribution is 0.0758. The van der Waals surface area contributed by atoms with Crippen molar-refractivity contribution in [2.24, 2.45) is 5.92 Å². The van der Waals surface area contributed by atoms with E-state index in [0.29, 0.717) is 6.04 Å². The molecule has 1 heterocycles. The van der Waals surface area contributed by atoms with Crippen molar-refractivity contribution >= 4 is 11.8 Å². The van der Waals surface area contributed by atoms with Crippen LogP contribution in [-0.4, -0.2) is 48.1 Å². The quantitative estimate of drug-likeness (QED) is 0.753. The number of rotatable bonds is 6. The summed E-state index contributed by atoms with van der Waals surface area (Å²) >= 11 is 2.09. The van der Waals surface area contributed by atoms with Crippen LogP contribution in [0.2, 0.25) is 0 Å². The highest BCUT2D eigenvalue weighted by Gasteiger charge is 2.32. The largest absolute Gasteiger partial charge is 0.311 e. The minimum atomic E-state index is 0.679. The van der Waals surface area contributed by atoms with Gasteiger partial charge in [-0.1, -0.05) is 26.2 Å². The summed E-state index contributed by atoms with van der Waals surface area (Å²) in [7, 11) is 0. The molecule has 0 radical (unpaired) electrons. The first-order valence-corrected chi connectivity index (χ1v) is 9.52. The Kier molecular flexibility index (Phi) is 7.03. The van der Waals surface area contributed by atoms with Gasteiger partial charge >= 0.3 is 0 Å². The molecule has 2 fully saturated rings. The van der Waals surface area contributed by atoms with Gasteiger partial charge in [-0.2, -0.15) is 11.8 Å². The maximum atomic E-state index is 3.71. The van der Waals surface area contributed by atoms with Gasteiger partial charge in [-0.05, 0) is 50.2 Å².